The maximum atomic E-state index is 13.1. The van der Waals surface area contributed by atoms with Gasteiger partial charge in [-0.2, -0.15) is 0 Å². The van der Waals surface area contributed by atoms with Gasteiger partial charge in [0, 0.05) is 23.2 Å². The number of nitrogens with two attached hydrogens (primary N) is 1. The number of fused-ring (bicyclic) bond motifs is 1. The molecule has 0 radical (unpaired) electrons. The minimum atomic E-state index is -0.600. The number of nitrogen functional groups attached to an aromatic ring is 1. The van der Waals surface area contributed by atoms with Crippen molar-refractivity contribution < 1.29 is 28.3 Å². The highest BCUT2D eigenvalue weighted by Gasteiger charge is 2.38. The van der Waals surface area contributed by atoms with Gasteiger partial charge in [0.2, 0.25) is 0 Å². The average Bonchev–Trinajstić information content (AvgIpc) is 3.39. The number of thiophene rings is 1. The van der Waals surface area contributed by atoms with Crippen LogP contribution in [0.1, 0.15) is 46.3 Å². The van der Waals surface area contributed by atoms with Crippen LogP contribution in [0.25, 0.3) is 0 Å². The lowest BCUT2D eigenvalue weighted by Crippen LogP contribution is -2.24. The molecule has 0 bridgehead atoms. The standard InChI is InChI=1S/C24H26N4O6S/c1-6-33-24(30)17-12(3)26-23-19(18(17)13-7-8-14(31-4)15(10-13)32-5)20(25)21(35-23)22(29)27-16-9-11(2)34-28-16/h7-10,18,26H,6,25H2,1-5H3,(H,27,28,29). The molecule has 2 aromatic heterocycles. The summed E-state index contributed by atoms with van der Waals surface area (Å²) in [4.78, 5) is 26.4. The fraction of sp³-hybridized carbons (Fsp3) is 0.292. The van der Waals surface area contributed by atoms with Gasteiger partial charge in [0.1, 0.15) is 10.6 Å². The molecular formula is C24H26N4O6S. The molecule has 35 heavy (non-hydrogen) atoms. The van der Waals surface area contributed by atoms with Crippen LogP contribution in [0.3, 0.4) is 0 Å². The molecule has 3 aromatic rings. The van der Waals surface area contributed by atoms with Crippen LogP contribution >= 0.6 is 11.3 Å². The average molecular weight is 499 g/mol. The molecule has 4 rings (SSSR count). The molecule has 1 amide bonds. The Kier molecular flexibility index (Phi) is 6.70. The third kappa shape index (κ3) is 4.42. The maximum Gasteiger partial charge on any atom is 0.336 e. The number of carbonyl (C=O) groups is 2. The van der Waals surface area contributed by atoms with Gasteiger partial charge < -0.3 is 35.1 Å². The highest BCUT2D eigenvalue weighted by molar-refractivity contribution is 7.19. The van der Waals surface area contributed by atoms with Crippen molar-refractivity contribution in [3.8, 4) is 11.5 Å². The number of rotatable bonds is 7. The number of allylic oxidation sites excluding steroid dienone is 1. The summed E-state index contributed by atoms with van der Waals surface area (Å²) in [6, 6.07) is 7.00. The number of nitrogens with one attached hydrogen (secondary N) is 2. The second-order valence-electron chi connectivity index (χ2n) is 7.80. The quantitative estimate of drug-likeness (QED) is 0.407. The lowest BCUT2D eigenvalue weighted by Gasteiger charge is -2.28. The van der Waals surface area contributed by atoms with Gasteiger partial charge in [-0.25, -0.2) is 4.79 Å². The Morgan fingerprint density at radius 3 is 2.57 bits per heavy atom. The maximum absolute atomic E-state index is 13.1. The zero-order valence-corrected chi connectivity index (χ0v) is 20.8. The first-order valence-electron chi connectivity index (χ1n) is 10.8. The van der Waals surface area contributed by atoms with Crippen molar-refractivity contribution in [3.63, 3.8) is 0 Å². The van der Waals surface area contributed by atoms with Gasteiger partial charge in [-0.15, -0.1) is 11.3 Å². The number of carbonyl (C=O) groups excluding carboxylic acids is 2. The Labute approximate surface area is 206 Å². The summed E-state index contributed by atoms with van der Waals surface area (Å²) in [7, 11) is 3.09. The molecule has 0 spiro atoms. The normalized spacial score (nSPS) is 14.7. The zero-order chi connectivity index (χ0) is 25.3. The Hall–Kier alpha value is -3.99. The van der Waals surface area contributed by atoms with Crippen LogP contribution in [0.2, 0.25) is 0 Å². The third-order valence-corrected chi connectivity index (χ3v) is 6.71. The predicted octanol–water partition coefficient (Wildman–Crippen LogP) is 4.29. The van der Waals surface area contributed by atoms with E-state index >= 15 is 0 Å². The SMILES string of the molecule is CCOC(=O)C1=C(C)Nc2sc(C(=O)Nc3cc(C)on3)c(N)c2C1c1ccc(OC)c(OC)c1. The zero-order valence-electron chi connectivity index (χ0n) is 20.0. The van der Waals surface area contributed by atoms with Gasteiger partial charge >= 0.3 is 5.97 Å². The number of methoxy groups -OCH3 is 2. The predicted molar refractivity (Wildman–Crippen MR) is 132 cm³/mol. The van der Waals surface area contributed by atoms with Gasteiger partial charge in [0.25, 0.3) is 5.91 Å². The van der Waals surface area contributed by atoms with Crippen LogP contribution < -0.4 is 25.8 Å². The van der Waals surface area contributed by atoms with Crippen molar-refractivity contribution in [1.82, 2.24) is 5.16 Å². The molecule has 0 saturated carbocycles. The van der Waals surface area contributed by atoms with Gasteiger partial charge in [-0.3, -0.25) is 4.79 Å². The molecule has 3 heterocycles. The van der Waals surface area contributed by atoms with Crippen molar-refractivity contribution in [2.75, 3.05) is 37.2 Å². The molecule has 0 aliphatic carbocycles. The lowest BCUT2D eigenvalue weighted by atomic mass is 9.81. The van der Waals surface area contributed by atoms with Gasteiger partial charge in [0.05, 0.1) is 37.1 Å². The van der Waals surface area contributed by atoms with E-state index in [2.05, 4.69) is 15.8 Å². The molecule has 11 heteroatoms. The molecular weight excluding hydrogens is 472 g/mol. The van der Waals surface area contributed by atoms with E-state index in [1.54, 1.807) is 46.1 Å². The minimum absolute atomic E-state index is 0.213. The number of aryl methyl sites for hydroxylation is 1. The van der Waals surface area contributed by atoms with E-state index in [1.807, 2.05) is 6.07 Å². The first kappa shape index (κ1) is 24.1. The number of ether oxygens (including phenoxy) is 3. The lowest BCUT2D eigenvalue weighted by molar-refractivity contribution is -0.138. The van der Waals surface area contributed by atoms with Crippen molar-refractivity contribution in [2.45, 2.75) is 26.7 Å². The van der Waals surface area contributed by atoms with Crippen LogP contribution in [0.15, 0.2) is 40.1 Å². The monoisotopic (exact) mass is 498 g/mol. The van der Waals surface area contributed by atoms with Crippen LogP contribution in [0.5, 0.6) is 11.5 Å². The number of benzene rings is 1. The number of hydrogen-bond acceptors (Lipinski definition) is 10. The third-order valence-electron chi connectivity index (χ3n) is 5.58. The van der Waals surface area contributed by atoms with Crippen LogP contribution in [0, 0.1) is 6.92 Å². The fourth-order valence-corrected chi connectivity index (χ4v) is 5.16. The number of anilines is 3. The van der Waals surface area contributed by atoms with Crippen LogP contribution in [-0.2, 0) is 9.53 Å². The van der Waals surface area contributed by atoms with E-state index < -0.39 is 17.8 Å². The summed E-state index contributed by atoms with van der Waals surface area (Å²) < 4.78 is 21.2. The van der Waals surface area contributed by atoms with E-state index in [4.69, 9.17) is 24.5 Å². The molecule has 1 aliphatic rings. The first-order chi connectivity index (χ1) is 16.8. The second-order valence-corrected chi connectivity index (χ2v) is 8.82. The van der Waals surface area contributed by atoms with Crippen molar-refractivity contribution in [1.29, 1.82) is 0 Å². The summed E-state index contributed by atoms with van der Waals surface area (Å²) in [6.07, 6.45) is 0. The molecule has 0 saturated heterocycles. The number of amides is 1. The highest BCUT2D eigenvalue weighted by atomic mass is 32.1. The molecule has 184 valence electrons. The fourth-order valence-electron chi connectivity index (χ4n) is 4.05. The Morgan fingerprint density at radius 1 is 1.20 bits per heavy atom. The molecule has 1 aliphatic heterocycles. The van der Waals surface area contributed by atoms with Crippen molar-refractivity contribution in [2.24, 2.45) is 0 Å². The highest BCUT2D eigenvalue weighted by Crippen LogP contribution is 2.51. The Bertz CT molecular complexity index is 1330. The van der Waals surface area contributed by atoms with Crippen molar-refractivity contribution >= 4 is 39.7 Å². The second kappa shape index (κ2) is 9.71. The van der Waals surface area contributed by atoms with E-state index in [-0.39, 0.29) is 23.0 Å². The number of nitrogens with zero attached hydrogens (tertiary/aromatic N) is 1. The summed E-state index contributed by atoms with van der Waals surface area (Å²) in [6.45, 7) is 5.47. The summed E-state index contributed by atoms with van der Waals surface area (Å²) in [5, 5.41) is 10.4. The van der Waals surface area contributed by atoms with Crippen LogP contribution in [-0.4, -0.2) is 37.9 Å². The Morgan fingerprint density at radius 2 is 1.94 bits per heavy atom. The van der Waals surface area contributed by atoms with E-state index in [1.165, 1.54) is 18.4 Å². The molecule has 10 nitrogen and oxygen atoms in total. The molecule has 1 aromatic carbocycles. The first-order valence-corrected chi connectivity index (χ1v) is 11.6. The summed E-state index contributed by atoms with van der Waals surface area (Å²) in [5.41, 5.74) is 9.16. The minimum Gasteiger partial charge on any atom is -0.493 e. The molecule has 1 unspecified atom stereocenters. The number of hydrogen-bond donors (Lipinski definition) is 3. The summed E-state index contributed by atoms with van der Waals surface area (Å²) in [5.74, 6) is 0.384. The number of esters is 1. The van der Waals surface area contributed by atoms with E-state index in [9.17, 15) is 9.59 Å². The Balaban J connectivity index is 1.84. The van der Waals surface area contributed by atoms with E-state index in [0.717, 1.165) is 5.56 Å². The molecule has 4 N–H and O–H groups in total. The van der Waals surface area contributed by atoms with Crippen LogP contribution in [0.4, 0.5) is 16.5 Å². The van der Waals surface area contributed by atoms with Crippen molar-refractivity contribution in [3.05, 3.63) is 57.3 Å². The molecule has 0 fully saturated rings. The summed E-state index contributed by atoms with van der Waals surface area (Å²) >= 11 is 1.19. The van der Waals surface area contributed by atoms with E-state index in [0.29, 0.717) is 39.1 Å². The van der Waals surface area contributed by atoms with Gasteiger partial charge in [0.15, 0.2) is 17.3 Å². The smallest absolute Gasteiger partial charge is 0.336 e. The number of aromatic nitrogens is 1. The van der Waals surface area contributed by atoms with Gasteiger partial charge in [-0.05, 0) is 38.5 Å². The van der Waals surface area contributed by atoms with Gasteiger partial charge in [-0.1, -0.05) is 11.2 Å². The topological polar surface area (TPSA) is 138 Å². The molecule has 1 atom stereocenters. The largest absolute Gasteiger partial charge is 0.493 e.